The number of pyridine rings is 1. The van der Waals surface area contributed by atoms with Crippen molar-refractivity contribution in [1.29, 1.82) is 5.26 Å². The molecule has 0 unspecified atom stereocenters. The monoisotopic (exact) mass is 612 g/mol. The van der Waals surface area contributed by atoms with E-state index < -0.39 is 0 Å². The van der Waals surface area contributed by atoms with Crippen LogP contribution in [0.25, 0.3) is 78.3 Å². The lowest BCUT2D eigenvalue weighted by atomic mass is 9.95. The van der Waals surface area contributed by atoms with Gasteiger partial charge < -0.3 is 0 Å². The zero-order valence-electron chi connectivity index (χ0n) is 26.0. The van der Waals surface area contributed by atoms with Crippen LogP contribution in [0.15, 0.2) is 170 Å². The van der Waals surface area contributed by atoms with E-state index in [1.807, 2.05) is 84.9 Å². The molecule has 0 amide bonds. The number of para-hydroxylation sites is 2. The first-order valence-corrected chi connectivity index (χ1v) is 15.8. The summed E-state index contributed by atoms with van der Waals surface area (Å²) in [5.41, 5.74) is 14.1. The highest BCUT2D eigenvalue weighted by molar-refractivity contribution is 5.88. The lowest BCUT2D eigenvalue weighted by Crippen LogP contribution is -1.96. The van der Waals surface area contributed by atoms with E-state index in [9.17, 15) is 5.26 Å². The summed E-state index contributed by atoms with van der Waals surface area (Å²) in [7, 11) is 0. The molecule has 0 aliphatic carbocycles. The Hall–Kier alpha value is -6.70. The van der Waals surface area contributed by atoms with Crippen molar-refractivity contribution in [3.8, 4) is 73.4 Å². The van der Waals surface area contributed by atoms with Gasteiger partial charge in [-0.25, -0.2) is 15.0 Å². The van der Waals surface area contributed by atoms with Gasteiger partial charge in [0.2, 0.25) is 0 Å². The number of benzene rings is 6. The summed E-state index contributed by atoms with van der Waals surface area (Å²) in [6.07, 6.45) is 0. The largest absolute Gasteiger partial charge is 0.248 e. The molecule has 48 heavy (non-hydrogen) atoms. The van der Waals surface area contributed by atoms with Gasteiger partial charge in [0, 0.05) is 22.3 Å². The van der Waals surface area contributed by atoms with Gasteiger partial charge in [0.1, 0.15) is 0 Å². The van der Waals surface area contributed by atoms with Crippen LogP contribution in [0.5, 0.6) is 0 Å². The molecule has 0 saturated heterocycles. The lowest BCUT2D eigenvalue weighted by molar-refractivity contribution is 1.29. The van der Waals surface area contributed by atoms with E-state index in [0.29, 0.717) is 5.56 Å². The standard InChI is InChI=1S/C44H28N4/c45-29-30-21-23-33(24-22-30)43-44(48-40-20-8-7-19-39(40)47-43)37-18-10-16-35(26-37)34-15-9-17-36(25-34)38-27-41(31-11-3-1-4-12-31)46-42(28-38)32-13-5-2-6-14-32/h1-28H. The first-order valence-electron chi connectivity index (χ1n) is 15.8. The molecule has 8 rings (SSSR count). The van der Waals surface area contributed by atoms with Crippen LogP contribution in [0.4, 0.5) is 0 Å². The van der Waals surface area contributed by atoms with Crippen LogP contribution < -0.4 is 0 Å². The number of aromatic nitrogens is 3. The van der Waals surface area contributed by atoms with Gasteiger partial charge in [-0.3, -0.25) is 0 Å². The second kappa shape index (κ2) is 12.6. The summed E-state index contributed by atoms with van der Waals surface area (Å²) in [6, 6.07) is 59.8. The molecule has 0 atom stereocenters. The number of rotatable bonds is 6. The van der Waals surface area contributed by atoms with E-state index in [-0.39, 0.29) is 0 Å². The van der Waals surface area contributed by atoms with Crippen molar-refractivity contribution >= 4 is 11.0 Å². The summed E-state index contributed by atoms with van der Waals surface area (Å²) >= 11 is 0. The first kappa shape index (κ1) is 28.8. The van der Waals surface area contributed by atoms with Gasteiger partial charge in [-0.05, 0) is 70.8 Å². The Morgan fingerprint density at radius 1 is 0.333 bits per heavy atom. The fourth-order valence-electron chi connectivity index (χ4n) is 6.04. The van der Waals surface area contributed by atoms with Gasteiger partial charge in [-0.15, -0.1) is 0 Å². The molecule has 2 aromatic heterocycles. The number of nitrogens with zero attached hydrogens (tertiary/aromatic N) is 4. The van der Waals surface area contributed by atoms with Gasteiger partial charge >= 0.3 is 0 Å². The molecule has 0 N–H and O–H groups in total. The summed E-state index contributed by atoms with van der Waals surface area (Å²) in [6.45, 7) is 0. The number of hydrogen-bond donors (Lipinski definition) is 0. The number of hydrogen-bond acceptors (Lipinski definition) is 4. The Kier molecular flexibility index (Phi) is 7.54. The zero-order valence-corrected chi connectivity index (χ0v) is 26.0. The molecule has 0 aliphatic heterocycles. The maximum Gasteiger partial charge on any atom is 0.0991 e. The molecule has 0 aliphatic rings. The van der Waals surface area contributed by atoms with E-state index in [0.717, 1.165) is 78.3 Å². The van der Waals surface area contributed by atoms with E-state index in [4.69, 9.17) is 15.0 Å². The fourth-order valence-corrected chi connectivity index (χ4v) is 6.04. The topological polar surface area (TPSA) is 62.5 Å². The maximum atomic E-state index is 9.35. The Bertz CT molecular complexity index is 2390. The predicted molar refractivity (Wildman–Crippen MR) is 195 cm³/mol. The Morgan fingerprint density at radius 3 is 1.31 bits per heavy atom. The van der Waals surface area contributed by atoms with Crippen LogP contribution in [0.1, 0.15) is 5.56 Å². The molecule has 0 spiro atoms. The minimum absolute atomic E-state index is 0.608. The molecule has 224 valence electrons. The van der Waals surface area contributed by atoms with Crippen LogP contribution in [0.2, 0.25) is 0 Å². The Labute approximate surface area is 279 Å². The van der Waals surface area contributed by atoms with Crippen molar-refractivity contribution < 1.29 is 0 Å². The molecule has 4 nitrogen and oxygen atoms in total. The predicted octanol–water partition coefficient (Wildman–Crippen LogP) is 10.9. The molecule has 4 heteroatoms. The molecule has 0 radical (unpaired) electrons. The van der Waals surface area contributed by atoms with Crippen molar-refractivity contribution in [3.05, 3.63) is 175 Å². The highest BCUT2D eigenvalue weighted by Gasteiger charge is 2.15. The maximum absolute atomic E-state index is 9.35. The third kappa shape index (κ3) is 5.73. The van der Waals surface area contributed by atoms with Crippen LogP contribution in [0.3, 0.4) is 0 Å². The normalized spacial score (nSPS) is 10.9. The molecule has 0 bridgehead atoms. The summed E-state index contributed by atoms with van der Waals surface area (Å²) in [4.78, 5) is 15.2. The summed E-state index contributed by atoms with van der Waals surface area (Å²) in [5.74, 6) is 0. The van der Waals surface area contributed by atoms with E-state index in [2.05, 4.69) is 91.0 Å². The first-order chi connectivity index (χ1) is 23.7. The lowest BCUT2D eigenvalue weighted by Gasteiger charge is -2.13. The van der Waals surface area contributed by atoms with E-state index in [1.54, 1.807) is 0 Å². The zero-order chi connectivity index (χ0) is 32.3. The Balaban J connectivity index is 1.23. The molecule has 0 fully saturated rings. The van der Waals surface area contributed by atoms with Gasteiger partial charge in [-0.2, -0.15) is 5.26 Å². The average molecular weight is 613 g/mol. The van der Waals surface area contributed by atoms with Gasteiger partial charge in [0.15, 0.2) is 0 Å². The van der Waals surface area contributed by atoms with Gasteiger partial charge in [0.05, 0.1) is 45.4 Å². The van der Waals surface area contributed by atoms with Crippen LogP contribution in [-0.2, 0) is 0 Å². The average Bonchev–Trinajstić information content (AvgIpc) is 3.18. The Morgan fingerprint density at radius 2 is 0.771 bits per heavy atom. The van der Waals surface area contributed by atoms with Crippen LogP contribution >= 0.6 is 0 Å². The SMILES string of the molecule is N#Cc1ccc(-c2nc3ccccc3nc2-c2cccc(-c3cccc(-c4cc(-c5ccccc5)nc(-c5ccccc5)c4)c3)c2)cc1. The molecular formula is C44H28N4. The smallest absolute Gasteiger partial charge is 0.0991 e. The minimum atomic E-state index is 0.608. The van der Waals surface area contributed by atoms with Crippen molar-refractivity contribution in [2.24, 2.45) is 0 Å². The van der Waals surface area contributed by atoms with Crippen LogP contribution in [-0.4, -0.2) is 15.0 Å². The van der Waals surface area contributed by atoms with Crippen LogP contribution in [0, 0.1) is 11.3 Å². The summed E-state index contributed by atoms with van der Waals surface area (Å²) < 4.78 is 0. The molecule has 0 saturated carbocycles. The van der Waals surface area contributed by atoms with E-state index in [1.165, 1.54) is 0 Å². The second-order valence-corrected chi connectivity index (χ2v) is 11.6. The van der Waals surface area contributed by atoms with Crippen molar-refractivity contribution in [2.45, 2.75) is 0 Å². The van der Waals surface area contributed by atoms with Crippen molar-refractivity contribution in [3.63, 3.8) is 0 Å². The highest BCUT2D eigenvalue weighted by Crippen LogP contribution is 2.36. The molecule has 2 heterocycles. The van der Waals surface area contributed by atoms with Crippen molar-refractivity contribution in [1.82, 2.24) is 15.0 Å². The van der Waals surface area contributed by atoms with E-state index >= 15 is 0 Å². The third-order valence-electron chi connectivity index (χ3n) is 8.49. The molecule has 8 aromatic rings. The minimum Gasteiger partial charge on any atom is -0.248 e. The third-order valence-corrected chi connectivity index (χ3v) is 8.49. The number of nitriles is 1. The second-order valence-electron chi connectivity index (χ2n) is 11.6. The molecule has 6 aromatic carbocycles. The quantitative estimate of drug-likeness (QED) is 0.187. The summed E-state index contributed by atoms with van der Waals surface area (Å²) in [5, 5.41) is 9.35. The van der Waals surface area contributed by atoms with Crippen molar-refractivity contribution in [2.75, 3.05) is 0 Å². The molecular weight excluding hydrogens is 585 g/mol. The highest BCUT2D eigenvalue weighted by atomic mass is 14.8. The number of fused-ring (bicyclic) bond motifs is 1. The van der Waals surface area contributed by atoms with Gasteiger partial charge in [-0.1, -0.05) is 121 Å². The van der Waals surface area contributed by atoms with Gasteiger partial charge in [0.25, 0.3) is 0 Å². The fraction of sp³-hybridized carbons (Fsp3) is 0.